The van der Waals surface area contributed by atoms with Crippen molar-refractivity contribution in [3.8, 4) is 17.2 Å². The molecule has 0 amide bonds. The minimum Gasteiger partial charge on any atom is -0.478 e. The highest BCUT2D eigenvalue weighted by Gasteiger charge is 2.48. The fraction of sp³-hybridized carbons (Fsp3) is 0.0667. The molecule has 0 atom stereocenters. The summed E-state index contributed by atoms with van der Waals surface area (Å²) in [7, 11) is -5.82. The van der Waals surface area contributed by atoms with Crippen LogP contribution in [0.1, 0.15) is 20.7 Å². The molecule has 0 aliphatic carbocycles. The number of halogens is 3. The van der Waals surface area contributed by atoms with Gasteiger partial charge in [-0.3, -0.25) is 0 Å². The summed E-state index contributed by atoms with van der Waals surface area (Å²) in [5, 5.41) is 18.0. The molecule has 2 rings (SSSR count). The molecule has 27 heavy (non-hydrogen) atoms. The molecule has 0 radical (unpaired) electrons. The first kappa shape index (κ1) is 20.0. The SMILES string of the molecule is O=C(O)c1cc(Oc2ccc(OS(=O)(=O)C(F)(F)F)cc2)cc(C(=O)O)c1. The van der Waals surface area contributed by atoms with Gasteiger partial charge in [-0.05, 0) is 42.5 Å². The first-order chi connectivity index (χ1) is 12.4. The lowest BCUT2D eigenvalue weighted by Gasteiger charge is -2.11. The van der Waals surface area contributed by atoms with Crippen molar-refractivity contribution in [3.05, 3.63) is 53.6 Å². The standard InChI is InChI=1S/C15H9F3O8S/c16-15(17,18)27(23,24)26-11-3-1-10(2-4-11)25-12-6-8(13(19)20)5-9(7-12)14(21)22/h1-7H,(H,19,20)(H,21,22). The van der Waals surface area contributed by atoms with Gasteiger partial charge in [0, 0.05) is 0 Å². The van der Waals surface area contributed by atoms with E-state index in [2.05, 4.69) is 4.18 Å². The van der Waals surface area contributed by atoms with Gasteiger partial charge in [0.1, 0.15) is 17.2 Å². The van der Waals surface area contributed by atoms with E-state index in [4.69, 9.17) is 14.9 Å². The number of alkyl halides is 3. The Morgan fingerprint density at radius 3 is 1.67 bits per heavy atom. The van der Waals surface area contributed by atoms with E-state index in [1.165, 1.54) is 0 Å². The van der Waals surface area contributed by atoms with Crippen LogP contribution in [0.15, 0.2) is 42.5 Å². The molecule has 0 fully saturated rings. The summed E-state index contributed by atoms with van der Waals surface area (Å²) in [6.45, 7) is 0. The maximum atomic E-state index is 12.3. The molecule has 0 bridgehead atoms. The van der Waals surface area contributed by atoms with E-state index in [-0.39, 0.29) is 22.6 Å². The lowest BCUT2D eigenvalue weighted by molar-refractivity contribution is -0.0500. The highest BCUT2D eigenvalue weighted by Crippen LogP contribution is 2.29. The summed E-state index contributed by atoms with van der Waals surface area (Å²) >= 11 is 0. The molecule has 0 aliphatic rings. The summed E-state index contributed by atoms with van der Waals surface area (Å²) < 4.78 is 67.8. The highest BCUT2D eigenvalue weighted by molar-refractivity contribution is 7.88. The Bertz CT molecular complexity index is 949. The summed E-state index contributed by atoms with van der Waals surface area (Å²) in [6.07, 6.45) is 0. The third-order valence-corrected chi connectivity index (χ3v) is 3.93. The maximum Gasteiger partial charge on any atom is 0.534 e. The van der Waals surface area contributed by atoms with Gasteiger partial charge in [0.05, 0.1) is 11.1 Å². The summed E-state index contributed by atoms with van der Waals surface area (Å²) in [5.74, 6) is -3.63. The molecule has 8 nitrogen and oxygen atoms in total. The van der Waals surface area contributed by atoms with E-state index in [0.717, 1.165) is 42.5 Å². The number of rotatable bonds is 6. The Morgan fingerprint density at radius 2 is 1.26 bits per heavy atom. The third kappa shape index (κ3) is 4.88. The van der Waals surface area contributed by atoms with Crippen molar-refractivity contribution >= 4 is 22.1 Å². The smallest absolute Gasteiger partial charge is 0.478 e. The second kappa shape index (κ2) is 7.15. The van der Waals surface area contributed by atoms with Crippen LogP contribution < -0.4 is 8.92 Å². The molecule has 0 heterocycles. The molecule has 0 saturated carbocycles. The highest BCUT2D eigenvalue weighted by atomic mass is 32.2. The van der Waals surface area contributed by atoms with E-state index >= 15 is 0 Å². The Kier molecular flexibility index (Phi) is 5.31. The van der Waals surface area contributed by atoms with Crippen molar-refractivity contribution in [2.45, 2.75) is 5.51 Å². The van der Waals surface area contributed by atoms with Crippen molar-refractivity contribution in [3.63, 3.8) is 0 Å². The molecule has 2 N–H and O–H groups in total. The third-order valence-electron chi connectivity index (χ3n) is 2.95. The average molecular weight is 406 g/mol. The predicted octanol–water partition coefficient (Wildman–Crippen LogP) is 3.10. The molecule has 12 heteroatoms. The normalized spacial score (nSPS) is 11.7. The van der Waals surface area contributed by atoms with Gasteiger partial charge >= 0.3 is 27.6 Å². The summed E-state index contributed by atoms with van der Waals surface area (Å²) in [5.41, 5.74) is -6.31. The Balaban J connectivity index is 2.24. The minimum absolute atomic E-state index is 0.0364. The Hall–Kier alpha value is -3.28. The van der Waals surface area contributed by atoms with Gasteiger partial charge in [-0.15, -0.1) is 0 Å². The minimum atomic E-state index is -5.82. The van der Waals surface area contributed by atoms with Gasteiger partial charge in [-0.2, -0.15) is 21.6 Å². The van der Waals surface area contributed by atoms with Crippen LogP contribution in [0.3, 0.4) is 0 Å². The summed E-state index contributed by atoms with van der Waals surface area (Å²) in [4.78, 5) is 22.1. The largest absolute Gasteiger partial charge is 0.534 e. The van der Waals surface area contributed by atoms with E-state index in [9.17, 15) is 31.2 Å². The van der Waals surface area contributed by atoms with Crippen molar-refractivity contribution in [1.29, 1.82) is 0 Å². The van der Waals surface area contributed by atoms with Gasteiger partial charge in [0.25, 0.3) is 0 Å². The van der Waals surface area contributed by atoms with Crippen LogP contribution in [0.25, 0.3) is 0 Å². The van der Waals surface area contributed by atoms with Crippen LogP contribution in [0, 0.1) is 0 Å². The lowest BCUT2D eigenvalue weighted by atomic mass is 10.1. The van der Waals surface area contributed by atoms with Crippen LogP contribution in [0.4, 0.5) is 13.2 Å². The number of aromatic carboxylic acids is 2. The van der Waals surface area contributed by atoms with Gasteiger partial charge in [-0.1, -0.05) is 0 Å². The maximum absolute atomic E-state index is 12.3. The average Bonchev–Trinajstić information content (AvgIpc) is 2.55. The summed E-state index contributed by atoms with van der Waals surface area (Å²) in [6, 6.07) is 6.83. The van der Waals surface area contributed by atoms with E-state index < -0.39 is 33.3 Å². The zero-order valence-corrected chi connectivity index (χ0v) is 13.7. The van der Waals surface area contributed by atoms with Crippen molar-refractivity contribution in [2.75, 3.05) is 0 Å². The molecular weight excluding hydrogens is 397 g/mol. The monoisotopic (exact) mass is 406 g/mol. The first-order valence-corrected chi connectivity index (χ1v) is 8.20. The molecule has 2 aromatic carbocycles. The number of hydrogen-bond donors (Lipinski definition) is 2. The molecule has 0 saturated heterocycles. The molecule has 2 aromatic rings. The number of hydrogen-bond acceptors (Lipinski definition) is 6. The topological polar surface area (TPSA) is 127 Å². The van der Waals surface area contributed by atoms with Crippen molar-refractivity contribution < 1.29 is 50.3 Å². The van der Waals surface area contributed by atoms with Crippen molar-refractivity contribution in [1.82, 2.24) is 0 Å². The number of ether oxygens (including phenoxy) is 1. The molecule has 0 spiro atoms. The van der Waals surface area contributed by atoms with Crippen LogP contribution in [-0.4, -0.2) is 36.1 Å². The van der Waals surface area contributed by atoms with Crippen LogP contribution >= 0.6 is 0 Å². The predicted molar refractivity (Wildman–Crippen MR) is 82.5 cm³/mol. The van der Waals surface area contributed by atoms with Gasteiger partial charge in [-0.25, -0.2) is 9.59 Å². The first-order valence-electron chi connectivity index (χ1n) is 6.79. The fourth-order valence-electron chi connectivity index (χ4n) is 1.78. The number of benzene rings is 2. The zero-order valence-electron chi connectivity index (χ0n) is 12.9. The van der Waals surface area contributed by atoms with Crippen LogP contribution in [0.2, 0.25) is 0 Å². The molecule has 0 aromatic heterocycles. The molecule has 0 unspecified atom stereocenters. The number of carboxylic acids is 2. The van der Waals surface area contributed by atoms with Crippen molar-refractivity contribution in [2.24, 2.45) is 0 Å². The van der Waals surface area contributed by atoms with E-state index in [0.29, 0.717) is 0 Å². The number of carboxylic acid groups (broad SMARTS) is 2. The van der Waals surface area contributed by atoms with Crippen LogP contribution in [-0.2, 0) is 10.1 Å². The second-order valence-electron chi connectivity index (χ2n) is 4.91. The molecular formula is C15H9F3O8S. The lowest BCUT2D eigenvalue weighted by Crippen LogP contribution is -2.27. The van der Waals surface area contributed by atoms with E-state index in [1.54, 1.807) is 0 Å². The zero-order chi connectivity index (χ0) is 20.4. The quantitative estimate of drug-likeness (QED) is 0.553. The van der Waals surface area contributed by atoms with Gasteiger partial charge in [0.2, 0.25) is 0 Å². The Labute approximate surface area is 149 Å². The number of carbonyl (C=O) groups is 2. The van der Waals surface area contributed by atoms with Crippen LogP contribution in [0.5, 0.6) is 17.2 Å². The molecule has 144 valence electrons. The second-order valence-corrected chi connectivity index (χ2v) is 6.45. The van der Waals surface area contributed by atoms with E-state index in [1.807, 2.05) is 0 Å². The fourth-order valence-corrected chi connectivity index (χ4v) is 2.24. The Morgan fingerprint density at radius 1 is 0.815 bits per heavy atom. The molecule has 0 aliphatic heterocycles. The van der Waals surface area contributed by atoms with Gasteiger partial charge < -0.3 is 19.1 Å². The van der Waals surface area contributed by atoms with Gasteiger partial charge in [0.15, 0.2) is 0 Å².